The minimum atomic E-state index is -2.96. The maximum atomic E-state index is 12.0. The third kappa shape index (κ3) is 5.62. The van der Waals surface area contributed by atoms with Crippen LogP contribution in [0.1, 0.15) is 16.1 Å². The Kier molecular flexibility index (Phi) is 4.70. The van der Waals surface area contributed by atoms with E-state index in [4.69, 9.17) is 15.0 Å². The number of benzene rings is 1. The molecule has 0 heterocycles. The lowest BCUT2D eigenvalue weighted by atomic mass is 10.1. The van der Waals surface area contributed by atoms with Crippen LogP contribution in [0.4, 0.5) is 0 Å². The molecule has 1 aromatic carbocycles. The molecule has 0 saturated carbocycles. The van der Waals surface area contributed by atoms with Gasteiger partial charge in [0.1, 0.15) is 6.04 Å². The van der Waals surface area contributed by atoms with Gasteiger partial charge >= 0.3 is 11.9 Å². The van der Waals surface area contributed by atoms with Crippen LogP contribution < -0.4 is 11.1 Å². The predicted octanol–water partition coefficient (Wildman–Crippen LogP) is -0.311. The number of carbonyl (C=O) groups excluding carboxylic acids is 2. The number of carbonyl (C=O) groups is 3. The van der Waals surface area contributed by atoms with Crippen LogP contribution in [0.2, 0.25) is 0 Å². The molecule has 0 aliphatic rings. The van der Waals surface area contributed by atoms with Gasteiger partial charge in [-0.25, -0.2) is 4.79 Å². The molecule has 0 aromatic heterocycles. The second kappa shape index (κ2) is 8.01. The van der Waals surface area contributed by atoms with Gasteiger partial charge in [-0.15, -0.1) is 0 Å². The normalized spacial score (nSPS) is 15.8. The molecule has 2 atom stereocenters. The van der Waals surface area contributed by atoms with E-state index < -0.39 is 43.4 Å². The van der Waals surface area contributed by atoms with Crippen LogP contribution in [-0.4, -0.2) is 42.1 Å². The zero-order valence-corrected chi connectivity index (χ0v) is 11.1. The summed E-state index contributed by atoms with van der Waals surface area (Å²) in [6.45, 7) is 0. The van der Waals surface area contributed by atoms with Gasteiger partial charge in [-0.1, -0.05) is 30.3 Å². The third-order valence-electron chi connectivity index (χ3n) is 2.72. The molecule has 0 radical (unpaired) electrons. The van der Waals surface area contributed by atoms with Gasteiger partial charge in [-0.05, 0) is 5.56 Å². The average molecular weight is 297 g/mol. The van der Waals surface area contributed by atoms with Gasteiger partial charge in [0, 0.05) is 6.42 Å². The average Bonchev–Trinajstić information content (AvgIpc) is 2.45. The Balaban J connectivity index is 2.86. The molecule has 7 nitrogen and oxygen atoms in total. The predicted molar refractivity (Wildman–Crippen MR) is 74.3 cm³/mol. The first kappa shape index (κ1) is 12.3. The highest BCUT2D eigenvalue weighted by molar-refractivity contribution is 5.89. The Labute approximate surface area is 126 Å². The van der Waals surface area contributed by atoms with Gasteiger partial charge in [0.15, 0.2) is 0 Å². The fraction of sp³-hybridized carbons (Fsp3) is 0.357. The summed E-state index contributed by atoms with van der Waals surface area (Å²) in [5.41, 5.74) is 6.08. The lowest BCUT2D eigenvalue weighted by molar-refractivity contribution is -0.145. The molecule has 4 N–H and O–H groups in total. The number of rotatable bonds is 7. The quantitative estimate of drug-likeness (QED) is 0.594. The first-order chi connectivity index (χ1) is 11.1. The number of nitrogens with two attached hydrogens (primary N) is 1. The number of aliphatic carboxylic acids is 1. The van der Waals surface area contributed by atoms with E-state index in [9.17, 15) is 14.4 Å². The number of carboxylic acids is 1. The van der Waals surface area contributed by atoms with Crippen molar-refractivity contribution in [2.45, 2.75) is 24.9 Å². The molecule has 21 heavy (non-hydrogen) atoms. The lowest BCUT2D eigenvalue weighted by Crippen LogP contribution is -2.50. The maximum Gasteiger partial charge on any atom is 0.328 e. The van der Waals surface area contributed by atoms with Crippen molar-refractivity contribution in [3.8, 4) is 0 Å². The monoisotopic (exact) mass is 297 g/mol. The van der Waals surface area contributed by atoms with Crippen LogP contribution in [0.25, 0.3) is 0 Å². The van der Waals surface area contributed by atoms with Gasteiger partial charge in [0.2, 0.25) is 5.91 Å². The number of hydrogen-bond acceptors (Lipinski definition) is 5. The van der Waals surface area contributed by atoms with Crippen molar-refractivity contribution in [3.05, 3.63) is 35.9 Å². The summed E-state index contributed by atoms with van der Waals surface area (Å²) in [6.07, 6.45) is -0.653. The van der Waals surface area contributed by atoms with E-state index in [0.29, 0.717) is 5.56 Å². The number of carboxylic acid groups (broad SMARTS) is 1. The Morgan fingerprint density at radius 1 is 1.38 bits per heavy atom. The van der Waals surface area contributed by atoms with Crippen molar-refractivity contribution in [3.63, 3.8) is 0 Å². The maximum absolute atomic E-state index is 12.0. The van der Waals surface area contributed by atoms with Crippen LogP contribution in [0.15, 0.2) is 30.3 Å². The van der Waals surface area contributed by atoms with Gasteiger partial charge in [0.05, 0.1) is 23.6 Å². The fourth-order valence-electron chi connectivity index (χ4n) is 1.67. The van der Waals surface area contributed by atoms with Gasteiger partial charge in [0.25, 0.3) is 0 Å². The summed E-state index contributed by atoms with van der Waals surface area (Å²) in [6, 6.07) is 5.85. The zero-order chi connectivity index (χ0) is 18.3. The summed E-state index contributed by atoms with van der Waals surface area (Å²) in [5.74, 6) is -3.32. The molecular formula is C14H18N2O5. The van der Waals surface area contributed by atoms with E-state index >= 15 is 0 Å². The molecule has 1 aromatic rings. The van der Waals surface area contributed by atoms with E-state index in [1.54, 1.807) is 30.3 Å². The molecule has 0 unspecified atom stereocenters. The van der Waals surface area contributed by atoms with E-state index in [-0.39, 0.29) is 6.42 Å². The van der Waals surface area contributed by atoms with E-state index in [1.807, 2.05) is 0 Å². The summed E-state index contributed by atoms with van der Waals surface area (Å²) in [4.78, 5) is 34.5. The second-order valence-corrected chi connectivity index (χ2v) is 4.38. The summed E-state index contributed by atoms with van der Waals surface area (Å²) < 4.78 is 25.2. The highest BCUT2D eigenvalue weighted by Crippen LogP contribution is 2.05. The van der Waals surface area contributed by atoms with Crippen LogP contribution in [0.5, 0.6) is 0 Å². The highest BCUT2D eigenvalue weighted by atomic mass is 16.5. The molecule has 1 rings (SSSR count). The van der Waals surface area contributed by atoms with Crippen molar-refractivity contribution in [1.82, 2.24) is 5.32 Å². The largest absolute Gasteiger partial charge is 0.481 e. The summed E-state index contributed by atoms with van der Waals surface area (Å²) >= 11 is 0. The Hall–Kier alpha value is -2.41. The SMILES string of the molecule is [2H]C([2H])([2H])OC(=O)[C@@H](Cc1ccccc1)NC(=O)[C@H](N)CC(=O)O. The van der Waals surface area contributed by atoms with E-state index in [2.05, 4.69) is 10.1 Å². The highest BCUT2D eigenvalue weighted by Gasteiger charge is 2.25. The number of ether oxygens (including phenoxy) is 1. The van der Waals surface area contributed by atoms with Crippen molar-refractivity contribution in [2.24, 2.45) is 5.73 Å². The number of nitrogens with one attached hydrogen (secondary N) is 1. The Morgan fingerprint density at radius 2 is 2.05 bits per heavy atom. The third-order valence-corrected chi connectivity index (χ3v) is 2.72. The molecule has 0 aliphatic carbocycles. The molecule has 1 amide bonds. The first-order valence-corrected chi connectivity index (χ1v) is 6.13. The fourth-order valence-corrected chi connectivity index (χ4v) is 1.67. The number of amides is 1. The van der Waals surface area contributed by atoms with Crippen LogP contribution >= 0.6 is 0 Å². The van der Waals surface area contributed by atoms with E-state index in [0.717, 1.165) is 0 Å². The molecule has 0 bridgehead atoms. The zero-order valence-electron chi connectivity index (χ0n) is 14.1. The van der Waals surface area contributed by atoms with Crippen molar-refractivity contribution in [2.75, 3.05) is 7.04 Å². The van der Waals surface area contributed by atoms with Crippen LogP contribution in [0.3, 0.4) is 0 Å². The molecule has 0 aliphatic heterocycles. The minimum Gasteiger partial charge on any atom is -0.481 e. The molecule has 0 saturated heterocycles. The first-order valence-electron chi connectivity index (χ1n) is 7.63. The molecular weight excluding hydrogens is 276 g/mol. The van der Waals surface area contributed by atoms with Gasteiger partial charge in [-0.3, -0.25) is 9.59 Å². The summed E-state index contributed by atoms with van der Waals surface area (Å²) in [5, 5.41) is 10.9. The number of methoxy groups -OCH3 is 1. The molecule has 114 valence electrons. The number of hydrogen-bond donors (Lipinski definition) is 3. The Morgan fingerprint density at radius 3 is 2.62 bits per heavy atom. The van der Waals surface area contributed by atoms with Crippen LogP contribution in [-0.2, 0) is 25.5 Å². The van der Waals surface area contributed by atoms with Crippen molar-refractivity contribution >= 4 is 17.8 Å². The van der Waals surface area contributed by atoms with E-state index in [1.165, 1.54) is 0 Å². The minimum absolute atomic E-state index is 0.0265. The van der Waals surface area contributed by atoms with Gasteiger partial charge < -0.3 is 20.9 Å². The second-order valence-electron chi connectivity index (χ2n) is 4.38. The van der Waals surface area contributed by atoms with Crippen LogP contribution in [0, 0.1) is 0 Å². The van der Waals surface area contributed by atoms with Crippen molar-refractivity contribution in [1.29, 1.82) is 0 Å². The molecule has 7 heteroatoms. The molecule has 0 fully saturated rings. The molecule has 0 spiro atoms. The van der Waals surface area contributed by atoms with Gasteiger partial charge in [-0.2, -0.15) is 0 Å². The standard InChI is InChI=1S/C14H18N2O5/c1-21-14(20)11(7-9-5-3-2-4-6-9)16-13(19)10(15)8-12(17)18/h2-6,10-11H,7-8,15H2,1H3,(H,16,19)(H,17,18)/t10-,11-/m1/s1/i1D3. The van der Waals surface area contributed by atoms with Crippen molar-refractivity contribution < 1.29 is 28.3 Å². The number of esters is 1. The topological polar surface area (TPSA) is 119 Å². The smallest absolute Gasteiger partial charge is 0.328 e. The Bertz CT molecular complexity index is 592. The summed E-state index contributed by atoms with van der Waals surface area (Å²) in [7, 11) is -2.96. The lowest BCUT2D eigenvalue weighted by Gasteiger charge is -2.18.